The van der Waals surface area contributed by atoms with E-state index in [0.29, 0.717) is 10.7 Å². The van der Waals surface area contributed by atoms with Crippen molar-refractivity contribution in [2.24, 2.45) is 0 Å². The number of aromatic nitrogens is 1. The molecule has 1 rings (SSSR count). The maximum absolute atomic E-state index is 10.7. The summed E-state index contributed by atoms with van der Waals surface area (Å²) in [4.78, 5) is 14.7. The van der Waals surface area contributed by atoms with Gasteiger partial charge in [0.2, 0.25) is 0 Å². The highest BCUT2D eigenvalue weighted by molar-refractivity contribution is 9.10. The van der Waals surface area contributed by atoms with Crippen LogP contribution in [0.2, 0.25) is 24.8 Å². The molecule has 0 unspecified atom stereocenters. The van der Waals surface area contributed by atoms with E-state index in [4.69, 9.17) is 11.6 Å². The molecule has 1 heterocycles. The van der Waals surface area contributed by atoms with Gasteiger partial charge in [0.05, 0.1) is 8.07 Å². The van der Waals surface area contributed by atoms with E-state index in [1.54, 1.807) is 0 Å². The van der Waals surface area contributed by atoms with Gasteiger partial charge in [-0.2, -0.15) is 0 Å². The quantitative estimate of drug-likeness (QED) is 0.477. The van der Waals surface area contributed by atoms with Crippen molar-refractivity contribution in [3.8, 4) is 0 Å². The number of halogens is 2. The summed E-state index contributed by atoms with van der Waals surface area (Å²) in [5.41, 5.74) is 0.562. The fourth-order valence-electron chi connectivity index (χ4n) is 1.20. The minimum atomic E-state index is -1.57. The molecule has 0 saturated carbocycles. The standard InChI is InChI=1S/C9H11BrClNOSi/c1-14(2,3)8-7(10)6(5-13)4-12-9(8)11/h4-5H,1-3H3. The number of aldehydes is 1. The van der Waals surface area contributed by atoms with E-state index in [2.05, 4.69) is 40.6 Å². The molecule has 0 N–H and O–H groups in total. The maximum Gasteiger partial charge on any atom is 0.152 e. The van der Waals surface area contributed by atoms with Crippen LogP contribution in [-0.2, 0) is 0 Å². The van der Waals surface area contributed by atoms with Crippen LogP contribution in [-0.4, -0.2) is 19.3 Å². The van der Waals surface area contributed by atoms with Crippen molar-refractivity contribution in [2.75, 3.05) is 0 Å². The predicted octanol–water partition coefficient (Wildman–Crippen LogP) is 2.86. The molecule has 0 bridgehead atoms. The average Bonchev–Trinajstić information content (AvgIpc) is 2.02. The molecule has 0 atom stereocenters. The van der Waals surface area contributed by atoms with Crippen molar-refractivity contribution in [3.05, 3.63) is 21.4 Å². The fraction of sp³-hybridized carbons (Fsp3) is 0.333. The molecule has 0 aliphatic carbocycles. The first-order chi connectivity index (χ1) is 6.38. The third-order valence-electron chi connectivity index (χ3n) is 1.87. The van der Waals surface area contributed by atoms with Crippen LogP contribution in [0, 0.1) is 0 Å². The van der Waals surface area contributed by atoms with Crippen LogP contribution in [0.5, 0.6) is 0 Å². The molecule has 2 nitrogen and oxygen atoms in total. The first-order valence-corrected chi connectivity index (χ1v) is 8.84. The smallest absolute Gasteiger partial charge is 0.152 e. The minimum absolute atomic E-state index is 0.502. The van der Waals surface area contributed by atoms with Gasteiger partial charge in [-0.15, -0.1) is 0 Å². The summed E-state index contributed by atoms with van der Waals surface area (Å²) in [5.74, 6) is 0. The van der Waals surface area contributed by atoms with Gasteiger partial charge < -0.3 is 0 Å². The summed E-state index contributed by atoms with van der Waals surface area (Å²) in [6, 6.07) is 0. The number of hydrogen-bond donors (Lipinski definition) is 0. The Labute approximate surface area is 97.8 Å². The minimum Gasteiger partial charge on any atom is -0.298 e. The number of hydrogen-bond acceptors (Lipinski definition) is 2. The Morgan fingerprint density at radius 3 is 2.50 bits per heavy atom. The van der Waals surface area contributed by atoms with Gasteiger partial charge in [0.15, 0.2) is 6.29 Å². The molecule has 0 fully saturated rings. The van der Waals surface area contributed by atoms with Gasteiger partial charge in [0.1, 0.15) is 5.15 Å². The second-order valence-electron chi connectivity index (χ2n) is 4.06. The van der Waals surface area contributed by atoms with E-state index in [1.165, 1.54) is 6.20 Å². The molecular formula is C9H11BrClNOSi. The van der Waals surface area contributed by atoms with Gasteiger partial charge in [0, 0.05) is 16.2 Å². The predicted molar refractivity (Wildman–Crippen MR) is 65.3 cm³/mol. The lowest BCUT2D eigenvalue weighted by molar-refractivity contribution is 0.112. The summed E-state index contributed by atoms with van der Waals surface area (Å²) in [5, 5.41) is 1.51. The third kappa shape index (κ3) is 2.24. The van der Waals surface area contributed by atoms with Crippen LogP contribution in [0.3, 0.4) is 0 Å². The molecule has 76 valence electrons. The normalized spacial score (nSPS) is 11.5. The van der Waals surface area contributed by atoms with E-state index in [0.717, 1.165) is 15.9 Å². The lowest BCUT2D eigenvalue weighted by Crippen LogP contribution is -2.40. The van der Waals surface area contributed by atoms with Gasteiger partial charge in [-0.1, -0.05) is 47.2 Å². The van der Waals surface area contributed by atoms with Gasteiger partial charge in [-0.3, -0.25) is 4.79 Å². The second kappa shape index (κ2) is 4.12. The van der Waals surface area contributed by atoms with Crippen LogP contribution in [0.1, 0.15) is 10.4 Å². The Bertz CT molecular complexity index is 376. The molecule has 0 radical (unpaired) electrons. The summed E-state index contributed by atoms with van der Waals surface area (Å²) < 4.78 is 0.798. The van der Waals surface area contributed by atoms with Crippen LogP contribution < -0.4 is 5.19 Å². The molecule has 1 aromatic rings. The van der Waals surface area contributed by atoms with E-state index in [1.807, 2.05) is 0 Å². The zero-order valence-corrected chi connectivity index (χ0v) is 11.6. The van der Waals surface area contributed by atoms with Crippen molar-refractivity contribution < 1.29 is 4.79 Å². The van der Waals surface area contributed by atoms with Crippen LogP contribution in [0.15, 0.2) is 10.7 Å². The first-order valence-electron chi connectivity index (χ1n) is 4.17. The van der Waals surface area contributed by atoms with E-state index in [9.17, 15) is 4.79 Å². The van der Waals surface area contributed by atoms with E-state index < -0.39 is 8.07 Å². The van der Waals surface area contributed by atoms with Crippen molar-refractivity contribution in [1.82, 2.24) is 4.98 Å². The molecule has 0 amide bonds. The highest BCUT2D eigenvalue weighted by Crippen LogP contribution is 2.20. The molecule has 5 heteroatoms. The second-order valence-corrected chi connectivity index (χ2v) is 10.2. The van der Waals surface area contributed by atoms with Crippen molar-refractivity contribution in [1.29, 1.82) is 0 Å². The molecule has 0 aromatic carbocycles. The maximum atomic E-state index is 10.7. The Morgan fingerprint density at radius 1 is 1.50 bits per heavy atom. The van der Waals surface area contributed by atoms with Crippen molar-refractivity contribution in [2.45, 2.75) is 19.6 Å². The summed E-state index contributed by atoms with van der Waals surface area (Å²) >= 11 is 9.43. The molecule has 0 aliphatic rings. The fourth-order valence-corrected chi connectivity index (χ4v) is 5.97. The van der Waals surface area contributed by atoms with Crippen molar-refractivity contribution >= 4 is 47.1 Å². The zero-order valence-electron chi connectivity index (χ0n) is 8.27. The third-order valence-corrected chi connectivity index (χ3v) is 5.53. The van der Waals surface area contributed by atoms with Crippen LogP contribution in [0.4, 0.5) is 0 Å². The van der Waals surface area contributed by atoms with Crippen LogP contribution in [0.25, 0.3) is 0 Å². The monoisotopic (exact) mass is 291 g/mol. The summed E-state index contributed by atoms with van der Waals surface area (Å²) in [6.07, 6.45) is 2.28. The van der Waals surface area contributed by atoms with E-state index >= 15 is 0 Å². The number of carbonyl (C=O) groups excluding carboxylic acids is 1. The molecule has 14 heavy (non-hydrogen) atoms. The lowest BCUT2D eigenvalue weighted by atomic mass is 10.3. The van der Waals surface area contributed by atoms with Crippen LogP contribution >= 0.6 is 27.5 Å². The molecule has 0 spiro atoms. The molecule has 0 saturated heterocycles. The zero-order chi connectivity index (χ0) is 10.9. The Balaban J connectivity index is 3.48. The number of pyridine rings is 1. The van der Waals surface area contributed by atoms with Gasteiger partial charge >= 0.3 is 0 Å². The average molecular weight is 293 g/mol. The SMILES string of the molecule is C[Si](C)(C)c1c(Cl)ncc(C=O)c1Br. The highest BCUT2D eigenvalue weighted by Gasteiger charge is 2.25. The topological polar surface area (TPSA) is 30.0 Å². The van der Waals surface area contributed by atoms with E-state index in [-0.39, 0.29) is 0 Å². The first kappa shape index (κ1) is 11.9. The number of carbonyl (C=O) groups is 1. The lowest BCUT2D eigenvalue weighted by Gasteiger charge is -2.20. The summed E-state index contributed by atoms with van der Waals surface area (Å²) in [7, 11) is -1.57. The molecule has 0 aliphatic heterocycles. The highest BCUT2D eigenvalue weighted by atomic mass is 79.9. The Hall–Kier alpha value is -0.193. The largest absolute Gasteiger partial charge is 0.298 e. The van der Waals surface area contributed by atoms with Gasteiger partial charge in [0.25, 0.3) is 0 Å². The Morgan fingerprint density at radius 2 is 2.07 bits per heavy atom. The molecular weight excluding hydrogens is 282 g/mol. The Kier molecular flexibility index (Phi) is 3.50. The molecule has 1 aromatic heterocycles. The van der Waals surface area contributed by atoms with Gasteiger partial charge in [-0.25, -0.2) is 4.98 Å². The number of rotatable bonds is 2. The van der Waals surface area contributed by atoms with Gasteiger partial charge in [-0.05, 0) is 5.19 Å². The summed E-state index contributed by atoms with van der Waals surface area (Å²) in [6.45, 7) is 6.49. The van der Waals surface area contributed by atoms with Crippen molar-refractivity contribution in [3.63, 3.8) is 0 Å². The number of nitrogens with zero attached hydrogens (tertiary/aromatic N) is 1.